The summed E-state index contributed by atoms with van der Waals surface area (Å²) in [4.78, 5) is 12.0. The van der Waals surface area contributed by atoms with Gasteiger partial charge in [0, 0.05) is 6.42 Å². The Hall–Kier alpha value is -2.47. The Morgan fingerprint density at radius 1 is 1.17 bits per heavy atom. The first-order valence-electron chi connectivity index (χ1n) is 7.98. The summed E-state index contributed by atoms with van der Waals surface area (Å²) < 4.78 is 5.56. The van der Waals surface area contributed by atoms with Crippen LogP contribution in [0.25, 0.3) is 10.8 Å². The Morgan fingerprint density at radius 2 is 2.00 bits per heavy atom. The van der Waals surface area contributed by atoms with E-state index in [2.05, 4.69) is 22.4 Å². The standard InChI is InChI=1S/C18H19N3O2S/c1-2-3-8-17-20-21-18(24-17)19-16(22)12-23-15-10-9-13-6-4-5-7-14(13)11-15/h4-7,9-11H,2-3,8,12H2,1H3,(H,19,21,22). The zero-order chi connectivity index (χ0) is 16.8. The van der Waals surface area contributed by atoms with Gasteiger partial charge in [0.1, 0.15) is 10.8 Å². The predicted octanol–water partition coefficient (Wildman–Crippen LogP) is 4.05. The molecule has 0 radical (unpaired) electrons. The number of ether oxygens (including phenoxy) is 1. The van der Waals surface area contributed by atoms with E-state index in [0.29, 0.717) is 10.9 Å². The van der Waals surface area contributed by atoms with E-state index in [9.17, 15) is 4.79 Å². The van der Waals surface area contributed by atoms with Gasteiger partial charge in [-0.05, 0) is 29.3 Å². The van der Waals surface area contributed by atoms with Gasteiger partial charge < -0.3 is 4.74 Å². The van der Waals surface area contributed by atoms with E-state index in [4.69, 9.17) is 4.74 Å². The van der Waals surface area contributed by atoms with Crippen molar-refractivity contribution in [1.29, 1.82) is 0 Å². The van der Waals surface area contributed by atoms with E-state index in [-0.39, 0.29) is 12.5 Å². The van der Waals surface area contributed by atoms with Crippen LogP contribution in [-0.2, 0) is 11.2 Å². The second-order valence-corrected chi connectivity index (χ2v) is 6.51. The van der Waals surface area contributed by atoms with Crippen molar-refractivity contribution in [2.24, 2.45) is 0 Å². The minimum absolute atomic E-state index is 0.0534. The van der Waals surface area contributed by atoms with Crippen molar-refractivity contribution in [1.82, 2.24) is 10.2 Å². The molecular weight excluding hydrogens is 322 g/mol. The summed E-state index contributed by atoms with van der Waals surface area (Å²) in [6.07, 6.45) is 3.09. The molecule has 0 atom stereocenters. The molecule has 0 bridgehead atoms. The number of aryl methyl sites for hydroxylation is 1. The molecule has 5 nitrogen and oxygen atoms in total. The van der Waals surface area contributed by atoms with Crippen molar-refractivity contribution < 1.29 is 9.53 Å². The third kappa shape index (κ3) is 4.29. The number of carbonyl (C=O) groups is 1. The number of carbonyl (C=O) groups excluding carboxylic acids is 1. The lowest BCUT2D eigenvalue weighted by Gasteiger charge is -2.06. The summed E-state index contributed by atoms with van der Waals surface area (Å²) in [7, 11) is 0. The lowest BCUT2D eigenvalue weighted by molar-refractivity contribution is -0.118. The lowest BCUT2D eigenvalue weighted by atomic mass is 10.1. The van der Waals surface area contributed by atoms with E-state index >= 15 is 0 Å². The van der Waals surface area contributed by atoms with E-state index in [1.165, 1.54) is 11.3 Å². The summed E-state index contributed by atoms with van der Waals surface area (Å²) >= 11 is 1.41. The highest BCUT2D eigenvalue weighted by atomic mass is 32.1. The number of nitrogens with one attached hydrogen (secondary N) is 1. The van der Waals surface area contributed by atoms with Crippen LogP contribution in [0.5, 0.6) is 5.75 Å². The predicted molar refractivity (Wildman–Crippen MR) is 96.6 cm³/mol. The number of fused-ring (bicyclic) bond motifs is 1. The fraction of sp³-hybridized carbons (Fsp3) is 0.278. The Balaban J connectivity index is 1.53. The first kappa shape index (κ1) is 16.4. The maximum absolute atomic E-state index is 12.0. The number of amides is 1. The molecule has 2 aromatic carbocycles. The number of rotatable bonds is 7. The van der Waals surface area contributed by atoms with Gasteiger partial charge in [-0.25, -0.2) is 0 Å². The third-order valence-electron chi connectivity index (χ3n) is 3.55. The first-order valence-corrected chi connectivity index (χ1v) is 8.80. The van der Waals surface area contributed by atoms with Crippen LogP contribution in [0.15, 0.2) is 42.5 Å². The zero-order valence-corrected chi connectivity index (χ0v) is 14.3. The average molecular weight is 341 g/mol. The van der Waals surface area contributed by atoms with Crippen LogP contribution >= 0.6 is 11.3 Å². The number of anilines is 1. The molecule has 124 valence electrons. The molecule has 1 heterocycles. The molecule has 6 heteroatoms. The highest BCUT2D eigenvalue weighted by Gasteiger charge is 2.09. The maximum Gasteiger partial charge on any atom is 0.264 e. The van der Waals surface area contributed by atoms with E-state index < -0.39 is 0 Å². The molecule has 0 aliphatic carbocycles. The van der Waals surface area contributed by atoms with E-state index in [1.807, 2.05) is 42.5 Å². The largest absolute Gasteiger partial charge is 0.484 e. The second kappa shape index (κ2) is 7.88. The van der Waals surface area contributed by atoms with Gasteiger partial charge in [0.25, 0.3) is 5.91 Å². The number of aromatic nitrogens is 2. The van der Waals surface area contributed by atoms with Crippen molar-refractivity contribution in [2.75, 3.05) is 11.9 Å². The number of hydrogen-bond donors (Lipinski definition) is 1. The molecule has 3 aromatic rings. The van der Waals surface area contributed by atoms with Gasteiger partial charge >= 0.3 is 0 Å². The molecule has 24 heavy (non-hydrogen) atoms. The van der Waals surface area contributed by atoms with Gasteiger partial charge in [-0.1, -0.05) is 55.0 Å². The van der Waals surface area contributed by atoms with Gasteiger partial charge in [0.2, 0.25) is 5.13 Å². The molecule has 0 saturated heterocycles. The highest BCUT2D eigenvalue weighted by molar-refractivity contribution is 7.15. The van der Waals surface area contributed by atoms with Crippen LogP contribution in [-0.4, -0.2) is 22.7 Å². The van der Waals surface area contributed by atoms with E-state index in [1.54, 1.807) is 0 Å². The van der Waals surface area contributed by atoms with Crippen LogP contribution < -0.4 is 10.1 Å². The van der Waals surface area contributed by atoms with Crippen molar-refractivity contribution in [3.05, 3.63) is 47.5 Å². The minimum atomic E-state index is -0.235. The van der Waals surface area contributed by atoms with Gasteiger partial charge in [-0.2, -0.15) is 0 Å². The van der Waals surface area contributed by atoms with Crippen LogP contribution in [0.4, 0.5) is 5.13 Å². The smallest absolute Gasteiger partial charge is 0.264 e. The highest BCUT2D eigenvalue weighted by Crippen LogP contribution is 2.21. The van der Waals surface area contributed by atoms with Crippen molar-refractivity contribution in [2.45, 2.75) is 26.2 Å². The SMILES string of the molecule is CCCCc1nnc(NC(=O)COc2ccc3ccccc3c2)s1. The Bertz CT molecular complexity index is 832. The third-order valence-corrected chi connectivity index (χ3v) is 4.45. The van der Waals surface area contributed by atoms with Crippen LogP contribution in [0.1, 0.15) is 24.8 Å². The summed E-state index contributed by atoms with van der Waals surface area (Å²) in [6.45, 7) is 2.08. The van der Waals surface area contributed by atoms with Crippen LogP contribution in [0, 0.1) is 0 Å². The fourth-order valence-electron chi connectivity index (χ4n) is 2.29. The van der Waals surface area contributed by atoms with Crippen molar-refractivity contribution in [3.8, 4) is 5.75 Å². The number of benzene rings is 2. The number of hydrogen-bond acceptors (Lipinski definition) is 5. The van der Waals surface area contributed by atoms with Crippen molar-refractivity contribution >= 4 is 33.1 Å². The monoisotopic (exact) mass is 341 g/mol. The first-order chi connectivity index (χ1) is 11.7. The number of nitrogens with zero attached hydrogens (tertiary/aromatic N) is 2. The molecule has 3 rings (SSSR count). The van der Waals surface area contributed by atoms with Gasteiger partial charge in [-0.3, -0.25) is 10.1 Å². The fourth-order valence-corrected chi connectivity index (χ4v) is 3.09. The zero-order valence-electron chi connectivity index (χ0n) is 13.5. The molecule has 0 fully saturated rings. The molecule has 0 saturated carbocycles. The average Bonchev–Trinajstić information content (AvgIpc) is 3.05. The maximum atomic E-state index is 12.0. The minimum Gasteiger partial charge on any atom is -0.484 e. The normalized spacial score (nSPS) is 10.7. The molecule has 0 spiro atoms. The number of unbranched alkanes of at least 4 members (excludes halogenated alkanes) is 1. The van der Waals surface area contributed by atoms with Gasteiger partial charge in [0.15, 0.2) is 6.61 Å². The molecule has 1 amide bonds. The van der Waals surface area contributed by atoms with Crippen molar-refractivity contribution in [3.63, 3.8) is 0 Å². The summed E-state index contributed by atoms with van der Waals surface area (Å²) in [5.41, 5.74) is 0. The van der Waals surface area contributed by atoms with Gasteiger partial charge in [-0.15, -0.1) is 10.2 Å². The van der Waals surface area contributed by atoms with Gasteiger partial charge in [0.05, 0.1) is 0 Å². The topological polar surface area (TPSA) is 64.1 Å². The lowest BCUT2D eigenvalue weighted by Crippen LogP contribution is -2.20. The summed E-state index contributed by atoms with van der Waals surface area (Å²) in [5, 5.41) is 14.5. The molecular formula is C18H19N3O2S. The quantitative estimate of drug-likeness (QED) is 0.704. The Morgan fingerprint density at radius 3 is 2.83 bits per heavy atom. The summed E-state index contributed by atoms with van der Waals surface area (Å²) in [5.74, 6) is 0.436. The van der Waals surface area contributed by atoms with E-state index in [0.717, 1.165) is 35.0 Å². The summed E-state index contributed by atoms with van der Waals surface area (Å²) in [6, 6.07) is 13.8. The second-order valence-electron chi connectivity index (χ2n) is 5.45. The molecule has 1 aromatic heterocycles. The van der Waals surface area contributed by atoms with Crippen LogP contribution in [0.2, 0.25) is 0 Å². The molecule has 0 aliphatic rings. The molecule has 1 N–H and O–H groups in total. The Kier molecular flexibility index (Phi) is 5.38. The Labute approximate surface area is 144 Å². The molecule has 0 unspecified atom stereocenters. The molecule has 0 aliphatic heterocycles. The van der Waals surface area contributed by atoms with Crippen LogP contribution in [0.3, 0.4) is 0 Å².